The van der Waals surface area contributed by atoms with E-state index in [-0.39, 0.29) is 17.8 Å². The molecular formula is C14H19FN2O3. The third-order valence-electron chi connectivity index (χ3n) is 2.67. The van der Waals surface area contributed by atoms with E-state index in [0.717, 1.165) is 19.3 Å². The Morgan fingerprint density at radius 2 is 1.85 bits per heavy atom. The largest absolute Gasteiger partial charge is 0.469 e. The van der Waals surface area contributed by atoms with Crippen LogP contribution in [0.2, 0.25) is 0 Å². The molecule has 0 aliphatic heterocycles. The van der Waals surface area contributed by atoms with E-state index in [4.69, 9.17) is 0 Å². The second-order valence-corrected chi connectivity index (χ2v) is 4.27. The molecule has 110 valence electrons. The first-order chi connectivity index (χ1) is 9.61. The van der Waals surface area contributed by atoms with Crippen LogP contribution >= 0.6 is 0 Å². The van der Waals surface area contributed by atoms with Crippen LogP contribution in [0.4, 0.5) is 14.9 Å². The third-order valence-corrected chi connectivity index (χ3v) is 2.67. The summed E-state index contributed by atoms with van der Waals surface area (Å²) in [6.07, 6.45) is 2.77. The number of halogens is 1. The highest BCUT2D eigenvalue weighted by Crippen LogP contribution is 2.07. The number of esters is 1. The summed E-state index contributed by atoms with van der Waals surface area (Å²) in [5, 5.41) is 5.28. The Hall–Kier alpha value is -2.11. The summed E-state index contributed by atoms with van der Waals surface area (Å²) in [6.45, 7) is 0.522. The van der Waals surface area contributed by atoms with Crippen LogP contribution in [-0.2, 0) is 9.53 Å². The van der Waals surface area contributed by atoms with Gasteiger partial charge in [-0.05, 0) is 37.1 Å². The van der Waals surface area contributed by atoms with Crippen molar-refractivity contribution in [1.29, 1.82) is 0 Å². The fraction of sp³-hybridized carbons (Fsp3) is 0.429. The fourth-order valence-electron chi connectivity index (χ4n) is 1.58. The molecule has 0 spiro atoms. The number of unbranched alkanes of at least 4 members (excludes halogenated alkanes) is 2. The van der Waals surface area contributed by atoms with Gasteiger partial charge in [0.1, 0.15) is 5.82 Å². The Bertz CT molecular complexity index is 435. The molecular weight excluding hydrogens is 263 g/mol. The molecule has 0 fully saturated rings. The number of carbonyl (C=O) groups excluding carboxylic acids is 2. The zero-order valence-electron chi connectivity index (χ0n) is 11.4. The van der Waals surface area contributed by atoms with Gasteiger partial charge in [0.05, 0.1) is 7.11 Å². The predicted octanol–water partition coefficient (Wildman–Crippen LogP) is 2.68. The first-order valence-electron chi connectivity index (χ1n) is 6.49. The maximum Gasteiger partial charge on any atom is 0.319 e. The van der Waals surface area contributed by atoms with Crippen molar-refractivity contribution in [3.05, 3.63) is 30.1 Å². The summed E-state index contributed by atoms with van der Waals surface area (Å²) < 4.78 is 17.2. The second kappa shape index (κ2) is 8.90. The molecule has 6 heteroatoms. The van der Waals surface area contributed by atoms with Gasteiger partial charge in [0, 0.05) is 18.7 Å². The molecule has 5 nitrogen and oxygen atoms in total. The minimum Gasteiger partial charge on any atom is -0.469 e. The van der Waals surface area contributed by atoms with Crippen molar-refractivity contribution in [2.24, 2.45) is 0 Å². The van der Waals surface area contributed by atoms with Gasteiger partial charge < -0.3 is 15.4 Å². The van der Waals surface area contributed by atoms with Crippen molar-refractivity contribution in [1.82, 2.24) is 5.32 Å². The molecule has 0 radical (unpaired) electrons. The number of methoxy groups -OCH3 is 1. The van der Waals surface area contributed by atoms with Crippen LogP contribution in [0.1, 0.15) is 25.7 Å². The lowest BCUT2D eigenvalue weighted by atomic mass is 10.2. The zero-order valence-corrected chi connectivity index (χ0v) is 11.4. The van der Waals surface area contributed by atoms with Gasteiger partial charge in [-0.2, -0.15) is 0 Å². The minimum atomic E-state index is -0.346. The number of ether oxygens (including phenoxy) is 1. The van der Waals surface area contributed by atoms with E-state index in [1.807, 2.05) is 0 Å². The van der Waals surface area contributed by atoms with Crippen LogP contribution in [-0.4, -0.2) is 25.7 Å². The maximum absolute atomic E-state index is 12.7. The SMILES string of the molecule is COC(=O)CCCCCNC(=O)Nc1ccc(F)cc1. The fourth-order valence-corrected chi connectivity index (χ4v) is 1.58. The Kier molecular flexibility index (Phi) is 7.10. The molecule has 1 rings (SSSR count). The molecule has 0 aliphatic rings. The Morgan fingerprint density at radius 1 is 1.15 bits per heavy atom. The van der Waals surface area contributed by atoms with Gasteiger partial charge in [0.15, 0.2) is 0 Å². The van der Waals surface area contributed by atoms with Crippen molar-refractivity contribution < 1.29 is 18.7 Å². The van der Waals surface area contributed by atoms with Gasteiger partial charge in [0.2, 0.25) is 0 Å². The van der Waals surface area contributed by atoms with Crippen LogP contribution in [0.15, 0.2) is 24.3 Å². The van der Waals surface area contributed by atoms with Gasteiger partial charge in [0.25, 0.3) is 0 Å². The molecule has 1 aromatic carbocycles. The van der Waals surface area contributed by atoms with E-state index < -0.39 is 0 Å². The summed E-state index contributed by atoms with van der Waals surface area (Å²) in [7, 11) is 1.36. The Labute approximate surface area is 117 Å². The van der Waals surface area contributed by atoms with E-state index in [1.165, 1.54) is 31.4 Å². The number of anilines is 1. The van der Waals surface area contributed by atoms with Crippen LogP contribution in [0, 0.1) is 5.82 Å². The molecule has 20 heavy (non-hydrogen) atoms. The second-order valence-electron chi connectivity index (χ2n) is 4.27. The molecule has 2 N–H and O–H groups in total. The average molecular weight is 282 g/mol. The van der Waals surface area contributed by atoms with E-state index in [0.29, 0.717) is 18.7 Å². The van der Waals surface area contributed by atoms with E-state index in [9.17, 15) is 14.0 Å². The maximum atomic E-state index is 12.7. The van der Waals surface area contributed by atoms with Gasteiger partial charge in [-0.3, -0.25) is 4.79 Å². The van der Waals surface area contributed by atoms with Crippen molar-refractivity contribution in [3.63, 3.8) is 0 Å². The van der Waals surface area contributed by atoms with E-state index >= 15 is 0 Å². The monoisotopic (exact) mass is 282 g/mol. The van der Waals surface area contributed by atoms with Gasteiger partial charge in [-0.15, -0.1) is 0 Å². The zero-order chi connectivity index (χ0) is 14.8. The number of rotatable bonds is 7. The molecule has 0 saturated heterocycles. The van der Waals surface area contributed by atoms with Crippen molar-refractivity contribution in [2.45, 2.75) is 25.7 Å². The smallest absolute Gasteiger partial charge is 0.319 e. The number of carbonyl (C=O) groups is 2. The third kappa shape index (κ3) is 6.72. The summed E-state index contributed by atoms with van der Waals surface area (Å²) in [5.74, 6) is -0.562. The first-order valence-corrected chi connectivity index (χ1v) is 6.49. The lowest BCUT2D eigenvalue weighted by molar-refractivity contribution is -0.140. The van der Waals surface area contributed by atoms with Gasteiger partial charge >= 0.3 is 12.0 Å². The van der Waals surface area contributed by atoms with Gasteiger partial charge in [-0.25, -0.2) is 9.18 Å². The van der Waals surface area contributed by atoms with Crippen molar-refractivity contribution in [2.75, 3.05) is 19.0 Å². The molecule has 1 aromatic rings. The molecule has 0 aromatic heterocycles. The number of benzene rings is 1. The lowest BCUT2D eigenvalue weighted by Gasteiger charge is -2.07. The lowest BCUT2D eigenvalue weighted by Crippen LogP contribution is -2.29. The highest BCUT2D eigenvalue weighted by Gasteiger charge is 2.02. The van der Waals surface area contributed by atoms with E-state index in [2.05, 4.69) is 15.4 Å². The number of nitrogens with one attached hydrogen (secondary N) is 2. The Morgan fingerprint density at radius 3 is 2.50 bits per heavy atom. The molecule has 2 amide bonds. The number of hydrogen-bond donors (Lipinski definition) is 2. The van der Waals surface area contributed by atoms with Crippen LogP contribution in [0.3, 0.4) is 0 Å². The predicted molar refractivity (Wildman–Crippen MR) is 73.9 cm³/mol. The standard InChI is InChI=1S/C14H19FN2O3/c1-20-13(18)5-3-2-4-10-16-14(19)17-12-8-6-11(15)7-9-12/h6-9H,2-5,10H2,1H3,(H2,16,17,19). The molecule has 0 unspecified atom stereocenters. The average Bonchev–Trinajstić information content (AvgIpc) is 2.44. The molecule has 0 atom stereocenters. The quantitative estimate of drug-likeness (QED) is 0.597. The van der Waals surface area contributed by atoms with Crippen molar-refractivity contribution >= 4 is 17.7 Å². The summed E-state index contributed by atoms with van der Waals surface area (Å²) in [6, 6.07) is 5.21. The molecule has 0 bridgehead atoms. The molecule has 0 aliphatic carbocycles. The van der Waals surface area contributed by atoms with Crippen molar-refractivity contribution in [3.8, 4) is 0 Å². The Balaban J connectivity index is 2.08. The normalized spacial score (nSPS) is 9.90. The summed E-state index contributed by atoms with van der Waals surface area (Å²) in [5.41, 5.74) is 0.537. The van der Waals surface area contributed by atoms with Gasteiger partial charge in [-0.1, -0.05) is 6.42 Å². The molecule has 0 saturated carbocycles. The molecule has 0 heterocycles. The summed E-state index contributed by atoms with van der Waals surface area (Å²) >= 11 is 0. The summed E-state index contributed by atoms with van der Waals surface area (Å²) in [4.78, 5) is 22.3. The van der Waals surface area contributed by atoms with E-state index in [1.54, 1.807) is 0 Å². The first kappa shape index (κ1) is 15.9. The van der Waals surface area contributed by atoms with Crippen LogP contribution in [0.25, 0.3) is 0 Å². The number of amides is 2. The topological polar surface area (TPSA) is 67.4 Å². The van der Waals surface area contributed by atoms with Crippen LogP contribution in [0.5, 0.6) is 0 Å². The highest BCUT2D eigenvalue weighted by molar-refractivity contribution is 5.89. The number of urea groups is 1. The highest BCUT2D eigenvalue weighted by atomic mass is 19.1. The minimum absolute atomic E-state index is 0.216. The number of hydrogen-bond acceptors (Lipinski definition) is 3. The van der Waals surface area contributed by atoms with Crippen LogP contribution < -0.4 is 10.6 Å².